The first kappa shape index (κ1) is 26.6. The molecule has 0 spiro atoms. The number of amides is 3. The Morgan fingerprint density at radius 3 is 2.40 bits per heavy atom. The zero-order valence-corrected chi connectivity index (χ0v) is 22.3. The summed E-state index contributed by atoms with van der Waals surface area (Å²) in [5.74, 6) is -1.00. The van der Waals surface area contributed by atoms with Crippen molar-refractivity contribution in [2.45, 2.75) is 18.6 Å². The average Bonchev–Trinajstić information content (AvgIpc) is 3.61. The van der Waals surface area contributed by atoms with Crippen LogP contribution in [0.1, 0.15) is 22.6 Å². The van der Waals surface area contributed by atoms with Crippen molar-refractivity contribution in [3.8, 4) is 0 Å². The van der Waals surface area contributed by atoms with Crippen molar-refractivity contribution in [3.63, 3.8) is 0 Å². The SMILES string of the molecule is O=C(c1ccc(Cl)cc1)N1CCN([C@H]2CCN(c3nc(C(F)(F)F)nc4ccc(N5CCNC5=O)cc34)C2)CC1. The molecule has 0 saturated carbocycles. The standard InChI is InChI=1S/C27H27ClF3N7O2/c28-18-3-1-17(2-4-18)24(39)36-13-11-35(12-14-36)20-7-9-37(16-20)23-21-15-19(38-10-8-32-26(38)40)5-6-22(21)33-25(34-23)27(29,30)31/h1-6,15,20H,7-14,16H2,(H,32,40)/t20-/m0/s1. The van der Waals surface area contributed by atoms with Crippen molar-refractivity contribution in [2.75, 3.05) is 62.2 Å². The van der Waals surface area contributed by atoms with E-state index in [1.165, 1.54) is 6.07 Å². The third-order valence-electron chi connectivity index (χ3n) is 7.75. The molecule has 3 aromatic rings. The summed E-state index contributed by atoms with van der Waals surface area (Å²) >= 11 is 5.94. The fourth-order valence-corrected chi connectivity index (χ4v) is 5.78. The Morgan fingerprint density at radius 1 is 0.975 bits per heavy atom. The maximum absolute atomic E-state index is 13.7. The van der Waals surface area contributed by atoms with Crippen LogP contribution in [0.15, 0.2) is 42.5 Å². The molecule has 0 bridgehead atoms. The summed E-state index contributed by atoms with van der Waals surface area (Å²) < 4.78 is 41.2. The van der Waals surface area contributed by atoms with Crippen LogP contribution >= 0.6 is 11.6 Å². The minimum Gasteiger partial charge on any atom is -0.354 e. The van der Waals surface area contributed by atoms with Crippen LogP contribution in [0.25, 0.3) is 10.9 Å². The molecule has 0 unspecified atom stereocenters. The van der Waals surface area contributed by atoms with E-state index in [1.54, 1.807) is 41.3 Å². The van der Waals surface area contributed by atoms with Crippen LogP contribution in [0.5, 0.6) is 0 Å². The van der Waals surface area contributed by atoms with Crippen LogP contribution in [0.2, 0.25) is 5.02 Å². The number of alkyl halides is 3. The largest absolute Gasteiger partial charge is 0.451 e. The number of aromatic nitrogens is 2. The fraction of sp³-hybridized carbons (Fsp3) is 0.407. The van der Waals surface area contributed by atoms with Gasteiger partial charge in [0.1, 0.15) is 5.82 Å². The van der Waals surface area contributed by atoms with Gasteiger partial charge < -0.3 is 15.1 Å². The Bertz CT molecular complexity index is 1440. The highest BCUT2D eigenvalue weighted by molar-refractivity contribution is 6.30. The number of carbonyl (C=O) groups excluding carboxylic acids is 2. The van der Waals surface area contributed by atoms with Gasteiger partial charge in [-0.25, -0.2) is 14.8 Å². The van der Waals surface area contributed by atoms with Crippen LogP contribution in [0, 0.1) is 0 Å². The van der Waals surface area contributed by atoms with Crippen LogP contribution in [0.4, 0.5) is 29.5 Å². The third-order valence-corrected chi connectivity index (χ3v) is 8.01. The van der Waals surface area contributed by atoms with Gasteiger partial charge in [-0.1, -0.05) is 11.6 Å². The molecular formula is C27H27ClF3N7O2. The Labute approximate surface area is 233 Å². The minimum atomic E-state index is -4.69. The second-order valence-electron chi connectivity index (χ2n) is 10.2. The van der Waals surface area contributed by atoms with Crippen LogP contribution in [-0.4, -0.2) is 90.1 Å². The summed E-state index contributed by atoms with van der Waals surface area (Å²) in [5.41, 5.74) is 1.36. The van der Waals surface area contributed by atoms with Crippen LogP contribution < -0.4 is 15.1 Å². The van der Waals surface area contributed by atoms with Gasteiger partial charge >= 0.3 is 12.2 Å². The van der Waals surface area contributed by atoms with E-state index in [1.807, 2.05) is 9.80 Å². The first-order valence-electron chi connectivity index (χ1n) is 13.2. The normalized spacial score (nSPS) is 20.4. The number of carbonyl (C=O) groups is 2. The van der Waals surface area contributed by atoms with Gasteiger partial charge in [-0.2, -0.15) is 13.2 Å². The maximum atomic E-state index is 13.7. The van der Waals surface area contributed by atoms with Crippen molar-refractivity contribution < 1.29 is 22.8 Å². The summed E-state index contributed by atoms with van der Waals surface area (Å²) in [6, 6.07) is 11.5. The zero-order valence-electron chi connectivity index (χ0n) is 21.5. The number of nitrogens with zero attached hydrogens (tertiary/aromatic N) is 6. The Balaban J connectivity index is 1.20. The Morgan fingerprint density at radius 2 is 1.73 bits per heavy atom. The number of hydrogen-bond acceptors (Lipinski definition) is 6. The van der Waals surface area contributed by atoms with E-state index < -0.39 is 12.0 Å². The molecule has 2 aromatic carbocycles. The molecule has 1 aromatic heterocycles. The lowest BCUT2D eigenvalue weighted by Crippen LogP contribution is -2.52. The number of hydrogen-bond donors (Lipinski definition) is 1. The maximum Gasteiger partial charge on any atom is 0.451 e. The summed E-state index contributed by atoms with van der Waals surface area (Å²) in [7, 11) is 0. The van der Waals surface area contributed by atoms with E-state index in [2.05, 4.69) is 20.2 Å². The summed E-state index contributed by atoms with van der Waals surface area (Å²) in [6.07, 6.45) is -3.94. The zero-order chi connectivity index (χ0) is 28.0. The molecule has 40 heavy (non-hydrogen) atoms. The van der Waals surface area contributed by atoms with E-state index in [0.29, 0.717) is 74.0 Å². The highest BCUT2D eigenvalue weighted by Crippen LogP contribution is 2.35. The molecule has 0 radical (unpaired) electrons. The van der Waals surface area contributed by atoms with Gasteiger partial charge in [-0.05, 0) is 48.9 Å². The molecule has 3 aliphatic heterocycles. The van der Waals surface area contributed by atoms with Crippen molar-refractivity contribution in [3.05, 3.63) is 58.9 Å². The highest BCUT2D eigenvalue weighted by Gasteiger charge is 2.38. The summed E-state index contributed by atoms with van der Waals surface area (Å²) in [5, 5.41) is 3.79. The lowest BCUT2D eigenvalue weighted by Gasteiger charge is -2.38. The molecule has 1 atom stereocenters. The lowest BCUT2D eigenvalue weighted by molar-refractivity contribution is -0.144. The number of nitrogens with one attached hydrogen (secondary N) is 1. The summed E-state index contributed by atoms with van der Waals surface area (Å²) in [6.45, 7) is 4.48. The molecule has 0 aliphatic carbocycles. The van der Waals surface area contributed by atoms with Crippen molar-refractivity contribution in [2.24, 2.45) is 0 Å². The van der Waals surface area contributed by atoms with Crippen LogP contribution in [0.3, 0.4) is 0 Å². The van der Waals surface area contributed by atoms with E-state index in [0.717, 1.165) is 6.42 Å². The average molecular weight is 574 g/mol. The van der Waals surface area contributed by atoms with E-state index in [9.17, 15) is 22.8 Å². The van der Waals surface area contributed by atoms with Crippen molar-refractivity contribution >= 4 is 45.9 Å². The molecule has 3 aliphatic rings. The first-order valence-corrected chi connectivity index (χ1v) is 13.5. The molecule has 13 heteroatoms. The lowest BCUT2D eigenvalue weighted by atomic mass is 10.1. The number of fused-ring (bicyclic) bond motifs is 1. The fourth-order valence-electron chi connectivity index (χ4n) is 5.65. The molecule has 6 rings (SSSR count). The van der Waals surface area contributed by atoms with Gasteiger partial charge in [0, 0.05) is 80.1 Å². The molecule has 3 saturated heterocycles. The van der Waals surface area contributed by atoms with E-state index in [-0.39, 0.29) is 29.3 Å². The van der Waals surface area contributed by atoms with Gasteiger partial charge in [0.15, 0.2) is 0 Å². The van der Waals surface area contributed by atoms with Crippen molar-refractivity contribution in [1.82, 2.24) is 25.1 Å². The molecule has 1 N–H and O–H groups in total. The highest BCUT2D eigenvalue weighted by atomic mass is 35.5. The number of urea groups is 1. The first-order chi connectivity index (χ1) is 19.2. The van der Waals surface area contributed by atoms with E-state index >= 15 is 0 Å². The van der Waals surface area contributed by atoms with Gasteiger partial charge in [0.25, 0.3) is 5.91 Å². The summed E-state index contributed by atoms with van der Waals surface area (Å²) in [4.78, 5) is 40.4. The number of rotatable bonds is 4. The number of benzene rings is 2. The van der Waals surface area contributed by atoms with Gasteiger partial charge in [0.05, 0.1) is 5.52 Å². The smallest absolute Gasteiger partial charge is 0.354 e. The van der Waals surface area contributed by atoms with Gasteiger partial charge in [0.2, 0.25) is 5.82 Å². The second-order valence-corrected chi connectivity index (χ2v) is 10.6. The molecule has 210 valence electrons. The van der Waals surface area contributed by atoms with E-state index in [4.69, 9.17) is 11.6 Å². The molecule has 4 heterocycles. The minimum absolute atomic E-state index is 0.0426. The second kappa shape index (κ2) is 10.4. The number of piperazine rings is 1. The Hall–Kier alpha value is -3.64. The van der Waals surface area contributed by atoms with Gasteiger partial charge in [-0.15, -0.1) is 0 Å². The van der Waals surface area contributed by atoms with Crippen molar-refractivity contribution in [1.29, 1.82) is 0 Å². The monoisotopic (exact) mass is 573 g/mol. The third kappa shape index (κ3) is 5.13. The molecule has 3 amide bonds. The predicted molar refractivity (Wildman–Crippen MR) is 145 cm³/mol. The quantitative estimate of drug-likeness (QED) is 0.510. The predicted octanol–water partition coefficient (Wildman–Crippen LogP) is 3.87. The molecular weight excluding hydrogens is 547 g/mol. The topological polar surface area (TPSA) is 84.9 Å². The Kier molecular flexibility index (Phi) is 6.91. The number of anilines is 2. The van der Waals surface area contributed by atoms with Crippen LogP contribution in [-0.2, 0) is 6.18 Å². The molecule has 9 nitrogen and oxygen atoms in total. The number of halogens is 4. The van der Waals surface area contributed by atoms with Gasteiger partial charge in [-0.3, -0.25) is 14.6 Å². The molecule has 3 fully saturated rings.